The fourth-order valence-corrected chi connectivity index (χ4v) is 5.92. The van der Waals surface area contributed by atoms with Crippen LogP contribution in [0.4, 0.5) is 5.69 Å². The number of carbonyl (C=O) groups is 1. The third-order valence-corrected chi connectivity index (χ3v) is 8.42. The average molecular weight is 485 g/mol. The van der Waals surface area contributed by atoms with Crippen molar-refractivity contribution >= 4 is 22.4 Å². The van der Waals surface area contributed by atoms with Gasteiger partial charge in [-0.25, -0.2) is 0 Å². The van der Waals surface area contributed by atoms with E-state index in [1.165, 1.54) is 0 Å². The van der Waals surface area contributed by atoms with E-state index in [2.05, 4.69) is 39.9 Å². The van der Waals surface area contributed by atoms with Crippen LogP contribution in [0.25, 0.3) is 22.0 Å². The lowest BCUT2D eigenvalue weighted by Crippen LogP contribution is -2.52. The maximum atomic E-state index is 13.4. The molecule has 6 nitrogen and oxygen atoms in total. The minimum Gasteiger partial charge on any atom is -0.508 e. The Kier molecular flexibility index (Phi) is 6.18. The molecule has 1 saturated carbocycles. The van der Waals surface area contributed by atoms with Gasteiger partial charge >= 0.3 is 0 Å². The van der Waals surface area contributed by atoms with Gasteiger partial charge < -0.3 is 14.9 Å². The molecule has 3 aliphatic rings. The van der Waals surface area contributed by atoms with E-state index in [0.717, 1.165) is 104 Å². The van der Waals surface area contributed by atoms with Crippen molar-refractivity contribution in [2.24, 2.45) is 5.92 Å². The van der Waals surface area contributed by atoms with Gasteiger partial charge in [0.25, 0.3) is 0 Å². The molecule has 0 unspecified atom stereocenters. The van der Waals surface area contributed by atoms with Crippen molar-refractivity contribution in [1.82, 2.24) is 14.8 Å². The Bertz CT molecular complexity index is 1290. The Balaban J connectivity index is 1.36. The maximum absolute atomic E-state index is 13.4. The molecule has 0 bridgehead atoms. The lowest BCUT2D eigenvalue weighted by atomic mass is 9.95. The van der Waals surface area contributed by atoms with E-state index in [9.17, 15) is 9.90 Å². The molecule has 3 aromatic rings. The number of ketones is 1. The third kappa shape index (κ3) is 4.48. The summed E-state index contributed by atoms with van der Waals surface area (Å²) in [5.74, 6) is 0.725. The Morgan fingerprint density at radius 3 is 2.31 bits per heavy atom. The number of benzene rings is 2. The summed E-state index contributed by atoms with van der Waals surface area (Å²) in [5.41, 5.74) is 5.79. The number of hydrogen-bond donors (Lipinski definition) is 1. The van der Waals surface area contributed by atoms with Gasteiger partial charge in [-0.3, -0.25) is 14.7 Å². The molecule has 0 atom stereocenters. The number of piperazine rings is 1. The van der Waals surface area contributed by atoms with Crippen LogP contribution in [0, 0.1) is 12.8 Å². The van der Waals surface area contributed by atoms with Gasteiger partial charge in [0.05, 0.1) is 16.8 Å². The molecule has 6 rings (SSSR count). The normalized spacial score (nSPS) is 20.2. The van der Waals surface area contributed by atoms with Crippen LogP contribution in [0.5, 0.6) is 5.75 Å². The van der Waals surface area contributed by atoms with Crippen LogP contribution in [0.1, 0.15) is 41.6 Å². The molecule has 0 radical (unpaired) electrons. The third-order valence-electron chi connectivity index (χ3n) is 8.42. The highest BCUT2D eigenvalue weighted by Gasteiger charge is 2.35. The quantitative estimate of drug-likeness (QED) is 0.529. The molecular formula is C30H36N4O2. The molecule has 3 fully saturated rings. The second-order valence-electron chi connectivity index (χ2n) is 10.9. The molecular weight excluding hydrogens is 448 g/mol. The van der Waals surface area contributed by atoms with E-state index >= 15 is 0 Å². The standard InChI is InChI=1S/C30H36N4O2/c1-20-17-22(6-8-28(20)35)23-5-7-27-25(18-23)29(26(19-31-27)30(36)21-3-4-21)34-11-9-24(10-12-34)33-15-13-32(2)14-16-33/h5-8,17-19,21,24,35H,3-4,9-16H2,1-2H3. The van der Waals surface area contributed by atoms with Crippen LogP contribution in [0.3, 0.4) is 0 Å². The van der Waals surface area contributed by atoms with Gasteiger partial charge in [-0.2, -0.15) is 0 Å². The summed E-state index contributed by atoms with van der Waals surface area (Å²) in [6.07, 6.45) is 6.07. The van der Waals surface area contributed by atoms with Gasteiger partial charge in [-0.05, 0) is 80.6 Å². The molecule has 188 valence electrons. The smallest absolute Gasteiger partial charge is 0.169 e. The number of piperidine rings is 1. The van der Waals surface area contributed by atoms with Crippen LogP contribution in [-0.4, -0.2) is 78.0 Å². The lowest BCUT2D eigenvalue weighted by molar-refractivity contribution is 0.0963. The number of hydrogen-bond acceptors (Lipinski definition) is 6. The number of phenolic OH excluding ortho intramolecular Hbond substituents is 1. The molecule has 2 saturated heterocycles. The first-order valence-electron chi connectivity index (χ1n) is 13.4. The van der Waals surface area contributed by atoms with Gasteiger partial charge in [0.15, 0.2) is 5.78 Å². The van der Waals surface area contributed by atoms with E-state index in [0.29, 0.717) is 11.8 Å². The van der Waals surface area contributed by atoms with Crippen LogP contribution in [-0.2, 0) is 0 Å². The molecule has 2 aliphatic heterocycles. The monoisotopic (exact) mass is 484 g/mol. The number of likely N-dealkylation sites (N-methyl/N-ethyl adjacent to an activating group) is 1. The van der Waals surface area contributed by atoms with Crippen molar-refractivity contribution in [2.45, 2.75) is 38.6 Å². The number of carbonyl (C=O) groups excluding carboxylic acids is 1. The summed E-state index contributed by atoms with van der Waals surface area (Å²) in [7, 11) is 2.21. The van der Waals surface area contributed by atoms with Crippen LogP contribution in [0.2, 0.25) is 0 Å². The van der Waals surface area contributed by atoms with Crippen LogP contribution >= 0.6 is 0 Å². The minimum atomic E-state index is 0.161. The summed E-state index contributed by atoms with van der Waals surface area (Å²) in [6.45, 7) is 8.45. The molecule has 3 heterocycles. The average Bonchev–Trinajstić information content (AvgIpc) is 3.75. The zero-order chi connectivity index (χ0) is 24.8. The Hall–Kier alpha value is -2.96. The summed E-state index contributed by atoms with van der Waals surface area (Å²) < 4.78 is 0. The van der Waals surface area contributed by atoms with E-state index in [1.807, 2.05) is 25.3 Å². The lowest BCUT2D eigenvalue weighted by Gasteiger charge is -2.43. The zero-order valence-corrected chi connectivity index (χ0v) is 21.4. The topological polar surface area (TPSA) is 59.9 Å². The number of rotatable bonds is 5. The second kappa shape index (κ2) is 9.49. The van der Waals surface area contributed by atoms with E-state index in [1.54, 1.807) is 6.07 Å². The Labute approximate surface area is 213 Å². The van der Waals surface area contributed by atoms with Crippen molar-refractivity contribution in [3.63, 3.8) is 0 Å². The predicted molar refractivity (Wildman–Crippen MR) is 145 cm³/mol. The van der Waals surface area contributed by atoms with E-state index in [4.69, 9.17) is 4.98 Å². The molecule has 1 aromatic heterocycles. The first-order valence-corrected chi connectivity index (χ1v) is 13.4. The summed E-state index contributed by atoms with van der Waals surface area (Å²) in [4.78, 5) is 25.7. The van der Waals surface area contributed by atoms with E-state index in [-0.39, 0.29) is 11.7 Å². The van der Waals surface area contributed by atoms with Crippen molar-refractivity contribution in [2.75, 3.05) is 51.2 Å². The number of fused-ring (bicyclic) bond motifs is 1. The summed E-state index contributed by atoms with van der Waals surface area (Å²) in [6, 6.07) is 12.7. The maximum Gasteiger partial charge on any atom is 0.169 e. The zero-order valence-electron chi connectivity index (χ0n) is 21.4. The van der Waals surface area contributed by atoms with Crippen molar-refractivity contribution in [3.8, 4) is 16.9 Å². The van der Waals surface area contributed by atoms with Gasteiger partial charge in [0.2, 0.25) is 0 Å². The molecule has 2 aromatic carbocycles. The van der Waals surface area contributed by atoms with Crippen LogP contribution in [0.15, 0.2) is 42.6 Å². The molecule has 0 amide bonds. The van der Waals surface area contributed by atoms with Gasteiger partial charge in [0, 0.05) is 62.8 Å². The SMILES string of the molecule is Cc1cc(-c2ccc3ncc(C(=O)C4CC4)c(N4CCC(N5CCN(C)CC5)CC4)c3c2)ccc1O. The van der Waals surface area contributed by atoms with E-state index < -0.39 is 0 Å². The summed E-state index contributed by atoms with van der Waals surface area (Å²) >= 11 is 0. The molecule has 6 heteroatoms. The number of phenols is 1. The number of aromatic nitrogens is 1. The Morgan fingerprint density at radius 1 is 0.917 bits per heavy atom. The van der Waals surface area contributed by atoms with Gasteiger partial charge in [0.1, 0.15) is 5.75 Å². The Morgan fingerprint density at radius 2 is 1.61 bits per heavy atom. The minimum absolute atomic E-state index is 0.161. The number of anilines is 1. The fraction of sp³-hybridized carbons (Fsp3) is 0.467. The van der Waals surface area contributed by atoms with Crippen molar-refractivity contribution < 1.29 is 9.90 Å². The van der Waals surface area contributed by atoms with Crippen molar-refractivity contribution in [3.05, 3.63) is 53.7 Å². The molecule has 36 heavy (non-hydrogen) atoms. The highest BCUT2D eigenvalue weighted by molar-refractivity contribution is 6.10. The number of pyridine rings is 1. The van der Waals surface area contributed by atoms with Crippen molar-refractivity contribution in [1.29, 1.82) is 0 Å². The fourth-order valence-electron chi connectivity index (χ4n) is 5.92. The van der Waals surface area contributed by atoms with Gasteiger partial charge in [-0.15, -0.1) is 0 Å². The van der Waals surface area contributed by atoms with Gasteiger partial charge in [-0.1, -0.05) is 12.1 Å². The summed E-state index contributed by atoms with van der Waals surface area (Å²) in [5, 5.41) is 11.1. The molecule has 1 N–H and O–H groups in total. The highest BCUT2D eigenvalue weighted by atomic mass is 16.3. The second-order valence-corrected chi connectivity index (χ2v) is 10.9. The predicted octanol–water partition coefficient (Wildman–Crippen LogP) is 4.72. The number of aryl methyl sites for hydroxylation is 1. The molecule has 0 spiro atoms. The number of Topliss-reactive ketones (excluding diaryl/α,β-unsaturated/α-hetero) is 1. The highest BCUT2D eigenvalue weighted by Crippen LogP contribution is 2.40. The number of nitrogens with zero attached hydrogens (tertiary/aromatic N) is 4. The first kappa shape index (κ1) is 23.4. The number of aromatic hydroxyl groups is 1. The first-order chi connectivity index (χ1) is 17.5. The van der Waals surface area contributed by atoms with Crippen LogP contribution < -0.4 is 4.90 Å². The largest absolute Gasteiger partial charge is 0.508 e. The molecule has 1 aliphatic carbocycles.